The van der Waals surface area contributed by atoms with Crippen LogP contribution in [0, 0.1) is 0 Å². The zero-order valence-electron chi connectivity index (χ0n) is 10.9. The van der Waals surface area contributed by atoms with Crippen molar-refractivity contribution in [1.82, 2.24) is 9.97 Å². The number of nitrogens with one attached hydrogen (secondary N) is 1. The van der Waals surface area contributed by atoms with E-state index in [2.05, 4.69) is 31.2 Å². The number of hydrogen-bond donors (Lipinski definition) is 1. The molecule has 3 rings (SSSR count). The maximum Gasteiger partial charge on any atom is 0.227 e. The molecule has 21 heavy (non-hydrogen) atoms. The summed E-state index contributed by atoms with van der Waals surface area (Å²) >= 11 is 9.66. The van der Waals surface area contributed by atoms with Crippen molar-refractivity contribution in [2.24, 2.45) is 0 Å². The van der Waals surface area contributed by atoms with E-state index in [0.29, 0.717) is 11.0 Å². The summed E-state index contributed by atoms with van der Waals surface area (Å²) in [4.78, 5) is 8.74. The summed E-state index contributed by atoms with van der Waals surface area (Å²) in [7, 11) is 0. The lowest BCUT2D eigenvalue weighted by Crippen LogP contribution is -1.97. The van der Waals surface area contributed by atoms with Gasteiger partial charge in [0.1, 0.15) is 0 Å². The average Bonchev–Trinajstić information content (AvgIpc) is 2.48. The number of halogens is 2. The Morgan fingerprint density at radius 2 is 1.81 bits per heavy atom. The van der Waals surface area contributed by atoms with Crippen LogP contribution >= 0.6 is 27.5 Å². The third-order valence-corrected chi connectivity index (χ3v) is 3.70. The second-order valence-corrected chi connectivity index (χ2v) is 5.70. The Labute approximate surface area is 136 Å². The molecular formula is C16H11BrClN3. The molecule has 0 atom stereocenters. The summed E-state index contributed by atoms with van der Waals surface area (Å²) in [6.45, 7) is 0. The first-order valence-corrected chi connectivity index (χ1v) is 7.50. The number of anilines is 2. The van der Waals surface area contributed by atoms with Gasteiger partial charge in [-0.25, -0.2) is 9.97 Å². The molecule has 1 aromatic heterocycles. The number of para-hydroxylation sites is 1. The number of benzene rings is 2. The van der Waals surface area contributed by atoms with E-state index in [9.17, 15) is 0 Å². The van der Waals surface area contributed by atoms with Crippen LogP contribution in [0.4, 0.5) is 11.6 Å². The summed E-state index contributed by atoms with van der Waals surface area (Å²) in [5.41, 5.74) is 2.59. The van der Waals surface area contributed by atoms with E-state index in [4.69, 9.17) is 11.6 Å². The quantitative estimate of drug-likeness (QED) is 0.688. The van der Waals surface area contributed by atoms with Gasteiger partial charge in [-0.15, -0.1) is 0 Å². The Morgan fingerprint density at radius 3 is 2.57 bits per heavy atom. The molecule has 0 unspecified atom stereocenters. The zero-order chi connectivity index (χ0) is 14.7. The van der Waals surface area contributed by atoms with Crippen LogP contribution in [0.1, 0.15) is 0 Å². The summed E-state index contributed by atoms with van der Waals surface area (Å²) in [5, 5.41) is 3.82. The van der Waals surface area contributed by atoms with Crippen molar-refractivity contribution in [2.75, 3.05) is 5.32 Å². The lowest BCUT2D eigenvalue weighted by molar-refractivity contribution is 1.17. The molecule has 104 valence electrons. The van der Waals surface area contributed by atoms with Gasteiger partial charge in [0.05, 0.1) is 10.7 Å². The van der Waals surface area contributed by atoms with Gasteiger partial charge in [0.25, 0.3) is 0 Å². The highest BCUT2D eigenvalue weighted by atomic mass is 79.9. The topological polar surface area (TPSA) is 37.8 Å². The molecular weight excluding hydrogens is 350 g/mol. The van der Waals surface area contributed by atoms with Gasteiger partial charge in [0.2, 0.25) is 5.95 Å². The molecule has 0 aliphatic carbocycles. The van der Waals surface area contributed by atoms with E-state index in [1.54, 1.807) is 6.20 Å². The largest absolute Gasteiger partial charge is 0.324 e. The van der Waals surface area contributed by atoms with Gasteiger partial charge in [-0.3, -0.25) is 0 Å². The molecule has 0 radical (unpaired) electrons. The van der Waals surface area contributed by atoms with Crippen LogP contribution in [-0.4, -0.2) is 9.97 Å². The third-order valence-electron chi connectivity index (χ3n) is 2.89. The van der Waals surface area contributed by atoms with Crippen molar-refractivity contribution in [1.29, 1.82) is 0 Å². The zero-order valence-corrected chi connectivity index (χ0v) is 13.3. The minimum atomic E-state index is 0.540. The summed E-state index contributed by atoms with van der Waals surface area (Å²) in [5.74, 6) is 0.540. The van der Waals surface area contributed by atoms with Gasteiger partial charge in [0.15, 0.2) is 0 Å². The van der Waals surface area contributed by atoms with Crippen molar-refractivity contribution >= 4 is 39.2 Å². The maximum atomic E-state index is 6.27. The number of hydrogen-bond acceptors (Lipinski definition) is 3. The lowest BCUT2D eigenvalue weighted by atomic mass is 10.1. The molecule has 1 heterocycles. The summed E-state index contributed by atoms with van der Waals surface area (Å²) in [6.07, 6.45) is 1.71. The molecule has 0 bridgehead atoms. The van der Waals surface area contributed by atoms with E-state index < -0.39 is 0 Å². The monoisotopic (exact) mass is 359 g/mol. The van der Waals surface area contributed by atoms with Crippen molar-refractivity contribution in [3.05, 3.63) is 70.3 Å². The normalized spacial score (nSPS) is 10.4. The van der Waals surface area contributed by atoms with E-state index in [1.807, 2.05) is 54.6 Å². The van der Waals surface area contributed by atoms with Crippen molar-refractivity contribution < 1.29 is 0 Å². The van der Waals surface area contributed by atoms with Crippen molar-refractivity contribution in [2.45, 2.75) is 0 Å². The molecule has 0 saturated heterocycles. The van der Waals surface area contributed by atoms with Crippen LogP contribution in [0.2, 0.25) is 5.02 Å². The molecule has 0 aliphatic heterocycles. The summed E-state index contributed by atoms with van der Waals surface area (Å²) < 4.78 is 0.938. The van der Waals surface area contributed by atoms with Crippen LogP contribution in [0.15, 0.2) is 65.3 Å². The standard InChI is InChI=1S/C16H11BrClN3/c17-11-6-7-13(14(18)10-11)15-8-9-19-16(21-15)20-12-4-2-1-3-5-12/h1-10H,(H,19,20,21). The third kappa shape index (κ3) is 3.40. The van der Waals surface area contributed by atoms with Gasteiger partial charge < -0.3 is 5.32 Å². The Hall–Kier alpha value is -1.91. The lowest BCUT2D eigenvalue weighted by Gasteiger charge is -2.08. The van der Waals surface area contributed by atoms with E-state index in [-0.39, 0.29) is 0 Å². The van der Waals surface area contributed by atoms with Gasteiger partial charge in [0, 0.05) is 21.9 Å². The molecule has 0 amide bonds. The predicted octanol–water partition coefficient (Wildman–Crippen LogP) is 5.30. The van der Waals surface area contributed by atoms with Crippen LogP contribution in [0.3, 0.4) is 0 Å². The maximum absolute atomic E-state index is 6.27. The second kappa shape index (κ2) is 6.24. The number of aromatic nitrogens is 2. The highest BCUT2D eigenvalue weighted by Gasteiger charge is 2.07. The Balaban J connectivity index is 1.93. The molecule has 0 spiro atoms. The average molecular weight is 361 g/mol. The Bertz CT molecular complexity index is 762. The second-order valence-electron chi connectivity index (χ2n) is 4.38. The van der Waals surface area contributed by atoms with Gasteiger partial charge >= 0.3 is 0 Å². The SMILES string of the molecule is Clc1cc(Br)ccc1-c1ccnc(Nc2ccccc2)n1. The fourth-order valence-corrected chi connectivity index (χ4v) is 2.69. The molecule has 3 nitrogen and oxygen atoms in total. The van der Waals surface area contributed by atoms with Gasteiger partial charge in [-0.2, -0.15) is 0 Å². The highest BCUT2D eigenvalue weighted by Crippen LogP contribution is 2.29. The van der Waals surface area contributed by atoms with Gasteiger partial charge in [-0.1, -0.05) is 51.8 Å². The molecule has 3 aromatic rings. The number of rotatable bonds is 3. The molecule has 2 aromatic carbocycles. The molecule has 5 heteroatoms. The Kier molecular flexibility index (Phi) is 4.18. The molecule has 1 N–H and O–H groups in total. The molecule has 0 aliphatic rings. The smallest absolute Gasteiger partial charge is 0.227 e. The van der Waals surface area contributed by atoms with E-state index in [1.165, 1.54) is 0 Å². The number of nitrogens with zero attached hydrogens (tertiary/aromatic N) is 2. The first-order valence-electron chi connectivity index (χ1n) is 6.33. The van der Waals surface area contributed by atoms with Crippen molar-refractivity contribution in [3.8, 4) is 11.3 Å². The first-order chi connectivity index (χ1) is 10.2. The molecule has 0 fully saturated rings. The van der Waals surface area contributed by atoms with E-state index >= 15 is 0 Å². The van der Waals surface area contributed by atoms with Crippen LogP contribution < -0.4 is 5.32 Å². The first kappa shape index (κ1) is 14.0. The minimum absolute atomic E-state index is 0.540. The van der Waals surface area contributed by atoms with Crippen LogP contribution in [0.5, 0.6) is 0 Å². The van der Waals surface area contributed by atoms with Crippen molar-refractivity contribution in [3.63, 3.8) is 0 Å². The van der Waals surface area contributed by atoms with Crippen LogP contribution in [-0.2, 0) is 0 Å². The summed E-state index contributed by atoms with van der Waals surface area (Å²) in [6, 6.07) is 17.4. The fraction of sp³-hybridized carbons (Fsp3) is 0. The highest BCUT2D eigenvalue weighted by molar-refractivity contribution is 9.10. The van der Waals surface area contributed by atoms with E-state index in [0.717, 1.165) is 21.4 Å². The molecule has 0 saturated carbocycles. The van der Waals surface area contributed by atoms with Crippen LogP contribution in [0.25, 0.3) is 11.3 Å². The Morgan fingerprint density at radius 1 is 1.00 bits per heavy atom. The minimum Gasteiger partial charge on any atom is -0.324 e. The fourth-order valence-electron chi connectivity index (χ4n) is 1.92. The predicted molar refractivity (Wildman–Crippen MR) is 89.9 cm³/mol. The van der Waals surface area contributed by atoms with Gasteiger partial charge in [-0.05, 0) is 30.3 Å².